The van der Waals surface area contributed by atoms with Crippen LogP contribution >= 0.6 is 0 Å². The Balaban J connectivity index is 1.88. The van der Waals surface area contributed by atoms with Gasteiger partial charge in [-0.05, 0) is 31.2 Å². The fourth-order valence-corrected chi connectivity index (χ4v) is 2.03. The first-order valence-corrected chi connectivity index (χ1v) is 7.62. The number of esters is 1. The van der Waals surface area contributed by atoms with Gasteiger partial charge in [0.2, 0.25) is 0 Å². The summed E-state index contributed by atoms with van der Waals surface area (Å²) in [7, 11) is 0. The van der Waals surface area contributed by atoms with Gasteiger partial charge < -0.3 is 14.8 Å². The van der Waals surface area contributed by atoms with Crippen LogP contribution in [0, 0.1) is 0 Å². The van der Waals surface area contributed by atoms with E-state index in [-0.39, 0.29) is 0 Å². The van der Waals surface area contributed by atoms with Crippen LogP contribution in [0.1, 0.15) is 12.5 Å². The van der Waals surface area contributed by atoms with E-state index < -0.39 is 42.0 Å². The number of para-hydroxylation sites is 2. The average Bonchev–Trinajstić information content (AvgIpc) is 2.60. The number of hydrogen-bond donors (Lipinski definition) is 1. The van der Waals surface area contributed by atoms with Crippen molar-refractivity contribution in [2.24, 2.45) is 0 Å². The second-order valence-corrected chi connectivity index (χ2v) is 5.27. The lowest BCUT2D eigenvalue weighted by Gasteiger charge is -2.15. The van der Waals surface area contributed by atoms with Gasteiger partial charge in [0.1, 0.15) is 5.75 Å². The van der Waals surface area contributed by atoms with E-state index >= 15 is 0 Å². The Morgan fingerprint density at radius 3 is 2.31 bits per heavy atom. The fraction of sp³-hybridized carbons (Fsp3) is 0.222. The maximum atomic E-state index is 12.9. The SMILES string of the molecule is CC(Oc1ccccc1)C(=O)OCC(=O)Nc1ccccc1C(F)(F)F. The Labute approximate surface area is 147 Å². The Hall–Kier alpha value is -3.03. The van der Waals surface area contributed by atoms with Crippen molar-refractivity contribution in [2.75, 3.05) is 11.9 Å². The Bertz CT molecular complexity index is 763. The summed E-state index contributed by atoms with van der Waals surface area (Å²) in [4.78, 5) is 23.6. The van der Waals surface area contributed by atoms with Gasteiger partial charge in [-0.2, -0.15) is 13.2 Å². The minimum absolute atomic E-state index is 0.408. The largest absolute Gasteiger partial charge is 0.479 e. The van der Waals surface area contributed by atoms with Gasteiger partial charge in [-0.3, -0.25) is 4.79 Å². The molecule has 26 heavy (non-hydrogen) atoms. The van der Waals surface area contributed by atoms with Crippen molar-refractivity contribution in [3.05, 3.63) is 60.2 Å². The molecular weight excluding hydrogens is 351 g/mol. The van der Waals surface area contributed by atoms with Gasteiger partial charge in [0.25, 0.3) is 5.91 Å². The number of carbonyl (C=O) groups excluding carboxylic acids is 2. The van der Waals surface area contributed by atoms with Crippen LogP contribution in [0.2, 0.25) is 0 Å². The number of alkyl halides is 3. The number of halogens is 3. The second kappa shape index (κ2) is 8.37. The number of ether oxygens (including phenoxy) is 2. The molecule has 2 aromatic carbocycles. The molecule has 1 atom stereocenters. The lowest BCUT2D eigenvalue weighted by atomic mass is 10.1. The normalized spacial score (nSPS) is 12.2. The predicted octanol–water partition coefficient (Wildman–Crippen LogP) is 3.65. The average molecular weight is 367 g/mol. The van der Waals surface area contributed by atoms with Crippen molar-refractivity contribution in [2.45, 2.75) is 19.2 Å². The first-order chi connectivity index (χ1) is 12.3. The summed E-state index contributed by atoms with van der Waals surface area (Å²) in [6, 6.07) is 13.0. The van der Waals surface area contributed by atoms with E-state index in [1.807, 2.05) is 0 Å². The Morgan fingerprint density at radius 1 is 1.04 bits per heavy atom. The van der Waals surface area contributed by atoms with Crippen LogP contribution in [0.25, 0.3) is 0 Å². The van der Waals surface area contributed by atoms with Gasteiger partial charge >= 0.3 is 12.1 Å². The van der Waals surface area contributed by atoms with E-state index in [4.69, 9.17) is 9.47 Å². The molecule has 0 saturated heterocycles. The van der Waals surface area contributed by atoms with Crippen molar-refractivity contribution >= 4 is 17.6 Å². The number of rotatable bonds is 6. The summed E-state index contributed by atoms with van der Waals surface area (Å²) in [6.07, 6.45) is -5.59. The summed E-state index contributed by atoms with van der Waals surface area (Å²) in [5.41, 5.74) is -1.39. The zero-order chi connectivity index (χ0) is 19.2. The van der Waals surface area contributed by atoms with Crippen LogP contribution in [0.3, 0.4) is 0 Å². The maximum absolute atomic E-state index is 12.9. The van der Waals surface area contributed by atoms with Gasteiger partial charge in [0.05, 0.1) is 11.3 Å². The second-order valence-electron chi connectivity index (χ2n) is 5.27. The minimum Gasteiger partial charge on any atom is -0.479 e. The first kappa shape index (κ1) is 19.3. The van der Waals surface area contributed by atoms with E-state index in [1.165, 1.54) is 19.1 Å². The van der Waals surface area contributed by atoms with E-state index in [0.29, 0.717) is 5.75 Å². The van der Waals surface area contributed by atoms with Crippen LogP contribution in [0.4, 0.5) is 18.9 Å². The summed E-state index contributed by atoms with van der Waals surface area (Å²) in [6.45, 7) is 0.708. The third-order valence-electron chi connectivity index (χ3n) is 3.24. The molecule has 0 aliphatic rings. The molecule has 1 unspecified atom stereocenters. The third-order valence-corrected chi connectivity index (χ3v) is 3.24. The molecule has 0 fully saturated rings. The highest BCUT2D eigenvalue weighted by molar-refractivity contribution is 5.93. The van der Waals surface area contributed by atoms with Crippen LogP contribution < -0.4 is 10.1 Å². The quantitative estimate of drug-likeness (QED) is 0.792. The van der Waals surface area contributed by atoms with Gasteiger partial charge in [-0.1, -0.05) is 30.3 Å². The van der Waals surface area contributed by atoms with Crippen molar-refractivity contribution in [3.8, 4) is 5.75 Å². The predicted molar refractivity (Wildman–Crippen MR) is 87.6 cm³/mol. The van der Waals surface area contributed by atoms with E-state index in [0.717, 1.165) is 12.1 Å². The van der Waals surface area contributed by atoms with Crippen LogP contribution in [-0.2, 0) is 20.5 Å². The van der Waals surface area contributed by atoms with Gasteiger partial charge in [0, 0.05) is 0 Å². The molecule has 0 aliphatic carbocycles. The third kappa shape index (κ3) is 5.51. The Kier molecular flexibility index (Phi) is 6.21. The van der Waals surface area contributed by atoms with Crippen molar-refractivity contribution in [3.63, 3.8) is 0 Å². The number of amides is 1. The van der Waals surface area contributed by atoms with Crippen LogP contribution in [-0.4, -0.2) is 24.6 Å². The van der Waals surface area contributed by atoms with E-state index in [9.17, 15) is 22.8 Å². The molecule has 0 heterocycles. The molecule has 1 N–H and O–H groups in total. The molecule has 2 rings (SSSR count). The smallest absolute Gasteiger partial charge is 0.418 e. The molecule has 0 bridgehead atoms. The molecular formula is C18H16F3NO4. The topological polar surface area (TPSA) is 64.6 Å². The van der Waals surface area contributed by atoms with Crippen LogP contribution in [0.15, 0.2) is 54.6 Å². The van der Waals surface area contributed by atoms with Crippen LogP contribution in [0.5, 0.6) is 5.75 Å². The van der Waals surface area contributed by atoms with Crippen molar-refractivity contribution in [1.29, 1.82) is 0 Å². The number of nitrogens with one attached hydrogen (secondary N) is 1. The van der Waals surface area contributed by atoms with Crippen molar-refractivity contribution in [1.82, 2.24) is 0 Å². The highest BCUT2D eigenvalue weighted by Gasteiger charge is 2.33. The highest BCUT2D eigenvalue weighted by Crippen LogP contribution is 2.34. The zero-order valence-electron chi connectivity index (χ0n) is 13.7. The number of anilines is 1. The monoisotopic (exact) mass is 367 g/mol. The number of hydrogen-bond acceptors (Lipinski definition) is 4. The molecule has 0 spiro atoms. The summed E-state index contributed by atoms with van der Waals surface area (Å²) < 4.78 is 48.7. The minimum atomic E-state index is -4.61. The van der Waals surface area contributed by atoms with E-state index in [2.05, 4.69) is 5.32 Å². The zero-order valence-corrected chi connectivity index (χ0v) is 13.7. The van der Waals surface area contributed by atoms with Gasteiger partial charge in [-0.15, -0.1) is 0 Å². The highest BCUT2D eigenvalue weighted by atomic mass is 19.4. The molecule has 0 saturated carbocycles. The summed E-state index contributed by atoms with van der Waals surface area (Å²) in [5.74, 6) is -1.25. The lowest BCUT2D eigenvalue weighted by molar-refractivity contribution is -0.153. The fourth-order valence-electron chi connectivity index (χ4n) is 2.03. The lowest BCUT2D eigenvalue weighted by Crippen LogP contribution is -2.30. The number of benzene rings is 2. The van der Waals surface area contributed by atoms with Gasteiger partial charge in [-0.25, -0.2) is 4.79 Å². The molecule has 5 nitrogen and oxygen atoms in total. The molecule has 0 aliphatic heterocycles. The van der Waals surface area contributed by atoms with Gasteiger partial charge in [0.15, 0.2) is 12.7 Å². The molecule has 0 aromatic heterocycles. The van der Waals surface area contributed by atoms with Crippen molar-refractivity contribution < 1.29 is 32.2 Å². The number of carbonyl (C=O) groups is 2. The molecule has 8 heteroatoms. The molecule has 0 radical (unpaired) electrons. The summed E-state index contributed by atoms with van der Waals surface area (Å²) in [5, 5.41) is 2.08. The first-order valence-electron chi connectivity index (χ1n) is 7.62. The standard InChI is InChI=1S/C18H16F3NO4/c1-12(26-13-7-3-2-4-8-13)17(24)25-11-16(23)22-15-10-6-5-9-14(15)18(19,20)21/h2-10,12H,11H2,1H3,(H,22,23). The van der Waals surface area contributed by atoms with E-state index in [1.54, 1.807) is 30.3 Å². The molecule has 1 amide bonds. The maximum Gasteiger partial charge on any atom is 0.418 e. The summed E-state index contributed by atoms with van der Waals surface area (Å²) >= 11 is 0. The molecule has 138 valence electrons. The Morgan fingerprint density at radius 2 is 1.65 bits per heavy atom. The molecule has 2 aromatic rings.